The minimum atomic E-state index is -3.52. The Morgan fingerprint density at radius 2 is 1.90 bits per heavy atom. The van der Waals surface area contributed by atoms with Crippen LogP contribution >= 0.6 is 11.6 Å². The molecule has 1 aliphatic heterocycles. The molecule has 3 aliphatic carbocycles. The van der Waals surface area contributed by atoms with Crippen LogP contribution in [0.15, 0.2) is 48.6 Å². The van der Waals surface area contributed by atoms with E-state index in [0.717, 1.165) is 74.5 Å². The highest BCUT2D eigenvalue weighted by atomic mass is 35.5. The van der Waals surface area contributed by atoms with Crippen LogP contribution in [0.5, 0.6) is 5.75 Å². The van der Waals surface area contributed by atoms with Gasteiger partial charge in [0.15, 0.2) is 8.32 Å². The monoisotopic (exact) mass is 742 g/mol. The van der Waals surface area contributed by atoms with Gasteiger partial charge in [0.05, 0.1) is 36.8 Å². The van der Waals surface area contributed by atoms with Crippen LogP contribution < -0.4 is 14.8 Å². The lowest BCUT2D eigenvalue weighted by Gasteiger charge is -2.48. The van der Waals surface area contributed by atoms with Gasteiger partial charge in [0.2, 0.25) is 10.0 Å². The van der Waals surface area contributed by atoms with E-state index in [2.05, 4.69) is 63.0 Å². The Balaban J connectivity index is 1.32. The number of primary sulfonamides is 1. The first kappa shape index (κ1) is 37.4. The van der Waals surface area contributed by atoms with Crippen LogP contribution in [-0.4, -0.2) is 61.4 Å². The molecule has 2 aromatic carbocycles. The third-order valence-corrected chi connectivity index (χ3v) is 18.1. The van der Waals surface area contributed by atoms with Gasteiger partial charge in [0, 0.05) is 23.5 Å². The van der Waals surface area contributed by atoms with Gasteiger partial charge in [0.25, 0.3) is 0 Å². The minimum absolute atomic E-state index is 0.0307. The zero-order valence-corrected chi connectivity index (χ0v) is 33.1. The van der Waals surface area contributed by atoms with Gasteiger partial charge in [-0.15, -0.1) is 0 Å². The zero-order chi connectivity index (χ0) is 36.1. The van der Waals surface area contributed by atoms with Crippen LogP contribution in [0, 0.1) is 23.7 Å². The van der Waals surface area contributed by atoms with Gasteiger partial charge in [-0.1, -0.05) is 50.6 Å². The lowest BCUT2D eigenvalue weighted by atomic mass is 9.68. The largest absolute Gasteiger partial charge is 0.490 e. The second kappa shape index (κ2) is 14.2. The topological polar surface area (TPSA) is 108 Å². The zero-order valence-electron chi connectivity index (χ0n) is 30.5. The summed E-state index contributed by atoms with van der Waals surface area (Å²) in [5.41, 5.74) is 3.81. The minimum Gasteiger partial charge on any atom is -0.490 e. The van der Waals surface area contributed by atoms with Crippen molar-refractivity contribution in [1.29, 1.82) is 0 Å². The Kier molecular flexibility index (Phi) is 10.6. The van der Waals surface area contributed by atoms with Crippen molar-refractivity contribution >= 4 is 41.6 Å². The number of anilines is 1. The van der Waals surface area contributed by atoms with Crippen LogP contribution in [0.3, 0.4) is 0 Å². The first-order chi connectivity index (χ1) is 23.5. The standard InChI is InChI=1S/C39H55ClN2O6SSi/c1-38(2,3)50(5,6)48-35(17-12-26-9-10-30(26)23-49(41,44)45)32-15-11-29(32)22-42-24-39(19-7-8-27-20-31(40)14-16-33(27)39)25-47-36-18-13-28(21-34(36)42)37(43)46-4/h12-14,16-18,20-21,26,29-30,32,35H,7-11,15,19,22-25H2,1-6H3,(H2,41,44,45)/b17-12+/t26-,29-,30-,32+,35-,39?/m0/s1. The number of hydrogen-bond donors (Lipinski definition) is 1. The van der Waals surface area contributed by atoms with E-state index in [1.54, 1.807) is 6.07 Å². The molecule has 274 valence electrons. The molecule has 0 amide bonds. The average molecular weight is 743 g/mol. The van der Waals surface area contributed by atoms with E-state index in [1.165, 1.54) is 18.2 Å². The third-order valence-electron chi connectivity index (χ3n) is 12.5. The second-order valence-electron chi connectivity index (χ2n) is 16.8. The molecule has 6 rings (SSSR count). The fraction of sp³-hybridized carbons (Fsp3) is 0.615. The lowest BCUT2D eigenvalue weighted by molar-refractivity contribution is 0.0519. The molecular formula is C39H55ClN2O6SSi. The van der Waals surface area contributed by atoms with E-state index >= 15 is 0 Å². The van der Waals surface area contributed by atoms with E-state index in [-0.39, 0.29) is 40.1 Å². The Bertz CT molecular complexity index is 1730. The predicted octanol–water partition coefficient (Wildman–Crippen LogP) is 7.89. The summed E-state index contributed by atoms with van der Waals surface area (Å²) in [6.45, 7) is 13.6. The van der Waals surface area contributed by atoms with Gasteiger partial charge in [-0.25, -0.2) is 18.4 Å². The Morgan fingerprint density at radius 3 is 2.54 bits per heavy atom. The number of rotatable bonds is 10. The van der Waals surface area contributed by atoms with E-state index in [0.29, 0.717) is 24.0 Å². The molecule has 11 heteroatoms. The molecule has 50 heavy (non-hydrogen) atoms. The summed E-state index contributed by atoms with van der Waals surface area (Å²) in [5, 5.41) is 6.23. The fourth-order valence-corrected chi connectivity index (χ4v) is 10.8. The fourth-order valence-electron chi connectivity index (χ4n) is 8.29. The van der Waals surface area contributed by atoms with Crippen molar-refractivity contribution in [3.63, 3.8) is 0 Å². The maximum atomic E-state index is 12.7. The maximum absolute atomic E-state index is 12.7. The van der Waals surface area contributed by atoms with E-state index in [1.807, 2.05) is 18.2 Å². The van der Waals surface area contributed by atoms with E-state index < -0.39 is 18.3 Å². The molecule has 0 bridgehead atoms. The first-order valence-corrected chi connectivity index (χ1v) is 23.2. The number of carbonyl (C=O) groups is 1. The smallest absolute Gasteiger partial charge is 0.337 e. The number of nitrogens with two attached hydrogens (primary N) is 1. The van der Waals surface area contributed by atoms with Crippen molar-refractivity contribution in [2.75, 3.05) is 37.5 Å². The summed E-state index contributed by atoms with van der Waals surface area (Å²) in [4.78, 5) is 15.2. The Hall–Kier alpha value is -2.37. The molecule has 1 unspecified atom stereocenters. The molecule has 0 aromatic heterocycles. The molecule has 8 nitrogen and oxygen atoms in total. The number of carbonyl (C=O) groups excluding carboxylic acids is 1. The van der Waals surface area contributed by atoms with Crippen molar-refractivity contribution in [1.82, 2.24) is 0 Å². The molecule has 2 aromatic rings. The number of aryl methyl sites for hydroxylation is 1. The summed E-state index contributed by atoms with van der Waals surface area (Å²) in [7, 11) is -4.25. The third kappa shape index (κ3) is 7.84. The molecule has 0 saturated heterocycles. The van der Waals surface area contributed by atoms with Crippen LogP contribution in [0.25, 0.3) is 0 Å². The number of ether oxygens (including phenoxy) is 2. The number of sulfonamides is 1. The normalized spacial score (nSPS) is 27.4. The van der Waals surface area contributed by atoms with Crippen LogP contribution in [-0.2, 0) is 31.0 Å². The summed E-state index contributed by atoms with van der Waals surface area (Å²) in [6.07, 6.45) is 11.5. The molecular weight excluding hydrogens is 688 g/mol. The highest BCUT2D eigenvalue weighted by Gasteiger charge is 2.47. The number of methoxy groups -OCH3 is 1. The summed E-state index contributed by atoms with van der Waals surface area (Å²) >= 11 is 6.48. The SMILES string of the molecule is COC(=O)c1ccc2c(c1)N(C[C@@H]1CC[C@H]1[C@H](/C=C/[C@@H]1CC[C@H]1CS(N)(=O)=O)O[Si](C)(C)C(C)(C)C)CC1(CCCc3cc(Cl)ccc31)CO2. The number of benzene rings is 2. The summed E-state index contributed by atoms with van der Waals surface area (Å²) < 4.78 is 42.7. The summed E-state index contributed by atoms with van der Waals surface area (Å²) in [6, 6.07) is 11.9. The van der Waals surface area contributed by atoms with Crippen LogP contribution in [0.1, 0.15) is 80.8 Å². The first-order valence-electron chi connectivity index (χ1n) is 18.2. The van der Waals surface area contributed by atoms with Crippen LogP contribution in [0.4, 0.5) is 5.69 Å². The van der Waals surface area contributed by atoms with Gasteiger partial charge >= 0.3 is 5.97 Å². The number of allylic oxidation sites excluding steroid dienone is 1. The Labute approximate surface area is 305 Å². The van der Waals surface area contributed by atoms with Gasteiger partial charge in [-0.3, -0.25) is 0 Å². The van der Waals surface area contributed by atoms with E-state index in [4.69, 9.17) is 30.6 Å². The Morgan fingerprint density at radius 1 is 1.14 bits per heavy atom. The van der Waals surface area contributed by atoms with Gasteiger partial charge < -0.3 is 18.8 Å². The quantitative estimate of drug-likeness (QED) is 0.150. The van der Waals surface area contributed by atoms with Gasteiger partial charge in [0.1, 0.15) is 5.75 Å². The second-order valence-corrected chi connectivity index (χ2v) is 23.7. The van der Waals surface area contributed by atoms with Crippen LogP contribution in [0.2, 0.25) is 23.2 Å². The highest BCUT2D eigenvalue weighted by molar-refractivity contribution is 7.89. The maximum Gasteiger partial charge on any atom is 0.337 e. The van der Waals surface area contributed by atoms with Crippen molar-refractivity contribution in [3.05, 3.63) is 70.3 Å². The van der Waals surface area contributed by atoms with Gasteiger partial charge in [-0.2, -0.15) is 0 Å². The number of nitrogens with zero attached hydrogens (tertiary/aromatic N) is 1. The lowest BCUT2D eigenvalue weighted by Crippen LogP contribution is -2.52. The molecule has 2 N–H and O–H groups in total. The van der Waals surface area contributed by atoms with E-state index in [9.17, 15) is 13.2 Å². The van der Waals surface area contributed by atoms with Crippen molar-refractivity contribution in [2.45, 2.75) is 95.4 Å². The molecule has 0 radical (unpaired) electrons. The highest BCUT2D eigenvalue weighted by Crippen LogP contribution is 2.48. The van der Waals surface area contributed by atoms with Gasteiger partial charge in [-0.05, 0) is 128 Å². The molecule has 1 spiro atoms. The van der Waals surface area contributed by atoms with Crippen molar-refractivity contribution in [3.8, 4) is 5.75 Å². The number of esters is 1. The number of hydrogen-bond acceptors (Lipinski definition) is 7. The number of halogens is 1. The predicted molar refractivity (Wildman–Crippen MR) is 203 cm³/mol. The average Bonchev–Trinajstić information content (AvgIpc) is 3.16. The summed E-state index contributed by atoms with van der Waals surface area (Å²) in [5.74, 6) is 1.37. The van der Waals surface area contributed by atoms with Crippen molar-refractivity contribution in [2.24, 2.45) is 28.8 Å². The van der Waals surface area contributed by atoms with Crippen molar-refractivity contribution < 1.29 is 27.1 Å². The number of fused-ring (bicyclic) bond motifs is 3. The molecule has 4 aliphatic rings. The molecule has 1 heterocycles. The molecule has 2 saturated carbocycles. The molecule has 6 atom stereocenters. The molecule has 2 fully saturated rings.